The zero-order valence-corrected chi connectivity index (χ0v) is 18.5. The molecule has 0 aromatic carbocycles. The van der Waals surface area contributed by atoms with Crippen LogP contribution < -0.4 is 0 Å². The zero-order chi connectivity index (χ0) is 21.9. The van der Waals surface area contributed by atoms with Gasteiger partial charge >= 0.3 is 5.97 Å². The van der Waals surface area contributed by atoms with E-state index in [1.807, 2.05) is 0 Å². The van der Waals surface area contributed by atoms with Crippen molar-refractivity contribution in [1.29, 1.82) is 0 Å². The SMILES string of the molecule is CCCCCCCCC1(CCCCCCCC)[C@@H](O)C(O)[C@H](O)CC1(O)C(=O)O. The molecule has 0 bridgehead atoms. The van der Waals surface area contributed by atoms with Crippen LogP contribution in [0.1, 0.15) is 110 Å². The third kappa shape index (κ3) is 6.65. The lowest BCUT2D eigenvalue weighted by Crippen LogP contribution is -2.69. The van der Waals surface area contributed by atoms with Gasteiger partial charge in [-0.15, -0.1) is 0 Å². The van der Waals surface area contributed by atoms with Crippen molar-refractivity contribution in [2.45, 2.75) is 134 Å². The number of aliphatic hydroxyl groups excluding tert-OH is 3. The van der Waals surface area contributed by atoms with Crippen LogP contribution in [-0.2, 0) is 4.79 Å². The molecule has 1 rings (SSSR count). The van der Waals surface area contributed by atoms with E-state index in [4.69, 9.17) is 0 Å². The molecule has 0 aromatic rings. The number of hydrogen-bond acceptors (Lipinski definition) is 5. The maximum absolute atomic E-state index is 12.1. The molecule has 4 atom stereocenters. The Kier molecular flexibility index (Phi) is 11.7. The number of carboxylic acid groups (broad SMARTS) is 1. The lowest BCUT2D eigenvalue weighted by Gasteiger charge is -2.54. The van der Waals surface area contributed by atoms with Gasteiger partial charge in [0.05, 0.1) is 12.2 Å². The maximum atomic E-state index is 12.1. The summed E-state index contributed by atoms with van der Waals surface area (Å²) in [7, 11) is 0. The molecule has 0 saturated heterocycles. The van der Waals surface area contributed by atoms with Crippen LogP contribution in [0.3, 0.4) is 0 Å². The first-order chi connectivity index (χ1) is 13.8. The predicted molar refractivity (Wildman–Crippen MR) is 114 cm³/mol. The number of carbonyl (C=O) groups is 1. The molecule has 1 aliphatic rings. The second-order valence-electron chi connectivity index (χ2n) is 9.06. The van der Waals surface area contributed by atoms with Crippen LogP contribution in [0.25, 0.3) is 0 Å². The number of rotatable bonds is 15. The summed E-state index contributed by atoms with van der Waals surface area (Å²) in [5, 5.41) is 52.3. The predicted octanol–water partition coefficient (Wildman–Crippen LogP) is 3.78. The summed E-state index contributed by atoms with van der Waals surface area (Å²) in [6.07, 6.45) is 7.97. The number of aliphatic hydroxyl groups is 4. The van der Waals surface area contributed by atoms with E-state index in [-0.39, 0.29) is 0 Å². The zero-order valence-electron chi connectivity index (χ0n) is 18.5. The number of hydrogen-bond donors (Lipinski definition) is 5. The molecule has 2 unspecified atom stereocenters. The molecule has 172 valence electrons. The Morgan fingerprint density at radius 1 is 0.793 bits per heavy atom. The van der Waals surface area contributed by atoms with Crippen molar-refractivity contribution in [3.63, 3.8) is 0 Å². The third-order valence-electron chi connectivity index (χ3n) is 6.92. The van der Waals surface area contributed by atoms with Gasteiger partial charge in [-0.05, 0) is 12.8 Å². The van der Waals surface area contributed by atoms with Crippen LogP contribution >= 0.6 is 0 Å². The van der Waals surface area contributed by atoms with Gasteiger partial charge in [-0.3, -0.25) is 0 Å². The van der Waals surface area contributed by atoms with Gasteiger partial charge in [0.1, 0.15) is 6.10 Å². The molecule has 6 heteroatoms. The molecule has 0 amide bonds. The topological polar surface area (TPSA) is 118 Å². The molecule has 0 spiro atoms. The Morgan fingerprint density at radius 2 is 1.21 bits per heavy atom. The third-order valence-corrected chi connectivity index (χ3v) is 6.92. The van der Waals surface area contributed by atoms with E-state index in [0.29, 0.717) is 25.7 Å². The van der Waals surface area contributed by atoms with E-state index in [1.165, 1.54) is 0 Å². The van der Waals surface area contributed by atoms with Crippen LogP contribution in [0, 0.1) is 5.41 Å². The van der Waals surface area contributed by atoms with Crippen LogP contribution in [0.5, 0.6) is 0 Å². The molecule has 0 radical (unpaired) electrons. The van der Waals surface area contributed by atoms with Crippen molar-refractivity contribution >= 4 is 5.97 Å². The van der Waals surface area contributed by atoms with E-state index >= 15 is 0 Å². The second kappa shape index (κ2) is 12.9. The molecular formula is C23H44O6. The summed E-state index contributed by atoms with van der Waals surface area (Å²) in [5.41, 5.74) is -3.58. The highest BCUT2D eigenvalue weighted by atomic mass is 16.4. The van der Waals surface area contributed by atoms with E-state index in [0.717, 1.165) is 64.2 Å². The molecule has 0 aromatic heterocycles. The average molecular weight is 417 g/mol. The number of carboxylic acids is 1. The first kappa shape index (κ1) is 26.3. The largest absolute Gasteiger partial charge is 0.479 e. The fourth-order valence-electron chi connectivity index (χ4n) is 4.98. The smallest absolute Gasteiger partial charge is 0.336 e. The van der Waals surface area contributed by atoms with Gasteiger partial charge in [0.25, 0.3) is 0 Å². The Labute approximate surface area is 176 Å². The molecule has 1 aliphatic carbocycles. The number of unbranched alkanes of at least 4 members (excludes halogenated alkanes) is 10. The second-order valence-corrected chi connectivity index (χ2v) is 9.06. The van der Waals surface area contributed by atoms with Crippen LogP contribution in [0.2, 0.25) is 0 Å². The Bertz CT molecular complexity index is 452. The van der Waals surface area contributed by atoms with Gasteiger partial charge in [0, 0.05) is 11.8 Å². The molecular weight excluding hydrogens is 372 g/mol. The number of aliphatic carboxylic acids is 1. The Hall–Kier alpha value is -0.690. The highest BCUT2D eigenvalue weighted by Gasteiger charge is 2.64. The Morgan fingerprint density at radius 3 is 1.62 bits per heavy atom. The minimum atomic E-state index is -2.24. The molecule has 0 heterocycles. The van der Waals surface area contributed by atoms with Gasteiger partial charge in [-0.25, -0.2) is 4.79 Å². The lowest BCUT2D eigenvalue weighted by atomic mass is 9.55. The van der Waals surface area contributed by atoms with Gasteiger partial charge < -0.3 is 25.5 Å². The van der Waals surface area contributed by atoms with Crippen molar-refractivity contribution in [2.75, 3.05) is 0 Å². The summed E-state index contributed by atoms with van der Waals surface area (Å²) >= 11 is 0. The monoisotopic (exact) mass is 416 g/mol. The minimum absolute atomic E-state index is 0.335. The van der Waals surface area contributed by atoms with Crippen molar-refractivity contribution in [2.24, 2.45) is 5.41 Å². The molecule has 6 nitrogen and oxygen atoms in total. The average Bonchev–Trinajstić information content (AvgIpc) is 2.69. The highest BCUT2D eigenvalue weighted by Crippen LogP contribution is 2.52. The van der Waals surface area contributed by atoms with E-state index in [9.17, 15) is 30.3 Å². The van der Waals surface area contributed by atoms with Gasteiger partial charge in [0.2, 0.25) is 0 Å². The van der Waals surface area contributed by atoms with Crippen molar-refractivity contribution < 1.29 is 30.3 Å². The summed E-state index contributed by atoms with van der Waals surface area (Å²) in [6.45, 7) is 4.29. The summed E-state index contributed by atoms with van der Waals surface area (Å²) < 4.78 is 0. The molecule has 5 N–H and O–H groups in total. The van der Waals surface area contributed by atoms with Crippen molar-refractivity contribution in [1.82, 2.24) is 0 Å². The van der Waals surface area contributed by atoms with Crippen molar-refractivity contribution in [3.05, 3.63) is 0 Å². The fourth-order valence-corrected chi connectivity index (χ4v) is 4.98. The quantitative estimate of drug-likeness (QED) is 0.259. The molecule has 1 fully saturated rings. The molecule has 1 saturated carbocycles. The van der Waals surface area contributed by atoms with Crippen LogP contribution in [0.15, 0.2) is 0 Å². The molecule has 0 aliphatic heterocycles. The lowest BCUT2D eigenvalue weighted by molar-refractivity contribution is -0.249. The van der Waals surface area contributed by atoms with Crippen LogP contribution in [0.4, 0.5) is 0 Å². The van der Waals surface area contributed by atoms with Crippen molar-refractivity contribution in [3.8, 4) is 0 Å². The summed E-state index contributed by atoms with van der Waals surface area (Å²) in [4.78, 5) is 12.1. The van der Waals surface area contributed by atoms with Gasteiger partial charge in [-0.1, -0.05) is 90.9 Å². The first-order valence-electron chi connectivity index (χ1n) is 11.8. The normalized spacial score (nSPS) is 29.1. The molecule has 29 heavy (non-hydrogen) atoms. The van der Waals surface area contributed by atoms with Crippen LogP contribution in [-0.4, -0.2) is 55.4 Å². The first-order valence-corrected chi connectivity index (χ1v) is 11.8. The highest BCUT2D eigenvalue weighted by molar-refractivity contribution is 5.79. The summed E-state index contributed by atoms with van der Waals surface area (Å²) in [6, 6.07) is 0. The maximum Gasteiger partial charge on any atom is 0.336 e. The van der Waals surface area contributed by atoms with E-state index in [2.05, 4.69) is 13.8 Å². The minimum Gasteiger partial charge on any atom is -0.479 e. The van der Waals surface area contributed by atoms with E-state index < -0.39 is 41.7 Å². The Balaban J connectivity index is 2.93. The van der Waals surface area contributed by atoms with Gasteiger partial charge in [-0.2, -0.15) is 0 Å². The fraction of sp³-hybridized carbons (Fsp3) is 0.957. The summed E-state index contributed by atoms with van der Waals surface area (Å²) in [5.74, 6) is -1.42. The van der Waals surface area contributed by atoms with Gasteiger partial charge in [0.15, 0.2) is 5.60 Å². The van der Waals surface area contributed by atoms with E-state index in [1.54, 1.807) is 0 Å². The standard InChI is InChI=1S/C23H44O6/c1-3-5-7-9-11-13-15-22(16-14-12-10-8-6-4-2)20(26)19(25)18(24)17-23(22,29)21(27)28/h18-20,24-26,29H,3-17H2,1-2H3,(H,27,28)/t18-,19?,20+,23?/m1/s1.